The number of ether oxygens (including phenoxy) is 1. The molecule has 0 amide bonds. The van der Waals surface area contributed by atoms with Crippen LogP contribution >= 0.6 is 0 Å². The summed E-state index contributed by atoms with van der Waals surface area (Å²) < 4.78 is 5.12. The number of nitro benzene ring substituents is 1. The minimum Gasteiger partial charge on any atom is -0.407 e. The lowest BCUT2D eigenvalue weighted by atomic mass is 10.1. The Morgan fingerprint density at radius 2 is 1.90 bits per heavy atom. The van der Waals surface area contributed by atoms with Gasteiger partial charge in [-0.25, -0.2) is 0 Å². The minimum absolute atomic E-state index is 0.0904. The Balaban J connectivity index is 2.07. The summed E-state index contributed by atoms with van der Waals surface area (Å²) in [7, 11) is 0. The first kappa shape index (κ1) is 13.6. The predicted octanol–water partition coefficient (Wildman–Crippen LogP) is 2.67. The lowest BCUT2D eigenvalue weighted by molar-refractivity contribution is -0.385. The summed E-state index contributed by atoms with van der Waals surface area (Å²) in [5, 5.41) is 20.5. The van der Waals surface area contributed by atoms with Crippen LogP contribution in [0.25, 0.3) is 0 Å². The molecule has 100 valence electrons. The fraction of sp³-hybridized carbons (Fsp3) is 0.0667. The predicted molar refractivity (Wildman–Crippen MR) is 72.9 cm³/mol. The average molecular weight is 269 g/mol. The summed E-state index contributed by atoms with van der Waals surface area (Å²) in [6.07, 6.45) is 1.24. The molecular weight excluding hydrogens is 258 g/mol. The molecule has 1 unspecified atom stereocenters. The number of para-hydroxylation sites is 1. The first-order chi connectivity index (χ1) is 9.66. The van der Waals surface area contributed by atoms with Crippen LogP contribution in [0.15, 0.2) is 54.6 Å². The smallest absolute Gasteiger partial charge is 0.269 e. The van der Waals surface area contributed by atoms with E-state index in [9.17, 15) is 15.2 Å². The van der Waals surface area contributed by atoms with E-state index in [1.165, 1.54) is 18.2 Å². The second kappa shape index (κ2) is 6.36. The van der Waals surface area contributed by atoms with Crippen LogP contribution in [-0.2, 0) is 0 Å². The molecule has 2 rings (SSSR count). The standard InChI is InChI=1S/C15H11NO4/c17-15(9-10-20-14-7-2-1-3-8-14)12-5-4-6-13(11-12)16(18)19/h1-8,11,15,17H. The second-order valence-electron chi connectivity index (χ2n) is 3.92. The molecule has 5 heteroatoms. The zero-order valence-electron chi connectivity index (χ0n) is 10.4. The Morgan fingerprint density at radius 3 is 2.60 bits per heavy atom. The van der Waals surface area contributed by atoms with Gasteiger partial charge in [0.1, 0.15) is 18.0 Å². The quantitative estimate of drug-likeness (QED) is 0.528. The maximum atomic E-state index is 10.6. The van der Waals surface area contributed by atoms with Crippen molar-refractivity contribution in [1.29, 1.82) is 0 Å². The number of nitrogens with zero attached hydrogens (tertiary/aromatic N) is 1. The fourth-order valence-corrected chi connectivity index (χ4v) is 1.52. The van der Waals surface area contributed by atoms with Crippen molar-refractivity contribution in [2.24, 2.45) is 0 Å². The van der Waals surface area contributed by atoms with Crippen LogP contribution in [0.2, 0.25) is 0 Å². The van der Waals surface area contributed by atoms with E-state index in [2.05, 4.69) is 12.0 Å². The largest absolute Gasteiger partial charge is 0.407 e. The number of rotatable bonds is 3. The number of hydrogen-bond donors (Lipinski definition) is 1. The minimum atomic E-state index is -1.14. The molecule has 2 aromatic carbocycles. The molecule has 1 N–H and O–H groups in total. The summed E-state index contributed by atoms with van der Waals surface area (Å²) in [4.78, 5) is 10.1. The van der Waals surface area contributed by atoms with Crippen LogP contribution in [0.3, 0.4) is 0 Å². The molecule has 0 spiro atoms. The number of aliphatic hydroxyl groups excluding tert-OH is 1. The monoisotopic (exact) mass is 269 g/mol. The SMILES string of the molecule is O=[N+]([O-])c1cccc(C(O)C#COc2ccccc2)c1. The van der Waals surface area contributed by atoms with Gasteiger partial charge in [0.05, 0.1) is 4.92 Å². The van der Waals surface area contributed by atoms with Crippen molar-refractivity contribution in [3.8, 4) is 17.8 Å². The summed E-state index contributed by atoms with van der Waals surface area (Å²) in [5.41, 5.74) is 0.260. The van der Waals surface area contributed by atoms with Gasteiger partial charge >= 0.3 is 0 Å². The highest BCUT2D eigenvalue weighted by atomic mass is 16.6. The van der Waals surface area contributed by atoms with Crippen molar-refractivity contribution < 1.29 is 14.8 Å². The van der Waals surface area contributed by atoms with Gasteiger partial charge in [0.2, 0.25) is 0 Å². The van der Waals surface area contributed by atoms with E-state index >= 15 is 0 Å². The molecule has 2 aromatic rings. The topological polar surface area (TPSA) is 72.6 Å². The summed E-state index contributed by atoms with van der Waals surface area (Å²) in [6, 6.07) is 14.6. The van der Waals surface area contributed by atoms with Crippen LogP contribution < -0.4 is 4.74 Å². The van der Waals surface area contributed by atoms with Gasteiger partial charge in [-0.1, -0.05) is 30.3 Å². The molecule has 20 heavy (non-hydrogen) atoms. The van der Waals surface area contributed by atoms with E-state index in [1.807, 2.05) is 6.07 Å². The van der Waals surface area contributed by atoms with Gasteiger partial charge in [-0.2, -0.15) is 0 Å². The van der Waals surface area contributed by atoms with Gasteiger partial charge in [0.25, 0.3) is 5.69 Å². The van der Waals surface area contributed by atoms with Crippen molar-refractivity contribution in [1.82, 2.24) is 0 Å². The lowest BCUT2D eigenvalue weighted by Crippen LogP contribution is -1.96. The van der Waals surface area contributed by atoms with Crippen LogP contribution in [0.4, 0.5) is 5.69 Å². The van der Waals surface area contributed by atoms with Gasteiger partial charge in [-0.3, -0.25) is 10.1 Å². The van der Waals surface area contributed by atoms with E-state index in [4.69, 9.17) is 4.74 Å². The molecule has 0 saturated carbocycles. The van der Waals surface area contributed by atoms with Gasteiger partial charge in [0.15, 0.2) is 0 Å². The Bertz CT molecular complexity index is 658. The number of benzene rings is 2. The third-order valence-electron chi connectivity index (χ3n) is 2.50. The van der Waals surface area contributed by atoms with Crippen LogP contribution in [0.5, 0.6) is 5.75 Å². The average Bonchev–Trinajstić information content (AvgIpc) is 2.48. The Hall–Kier alpha value is -2.84. The highest BCUT2D eigenvalue weighted by Crippen LogP contribution is 2.18. The zero-order chi connectivity index (χ0) is 14.4. The molecule has 0 aliphatic rings. The molecule has 0 radical (unpaired) electrons. The Kier molecular flexibility index (Phi) is 4.32. The van der Waals surface area contributed by atoms with E-state index in [0.29, 0.717) is 11.3 Å². The van der Waals surface area contributed by atoms with Crippen LogP contribution in [-0.4, -0.2) is 10.0 Å². The van der Waals surface area contributed by atoms with E-state index < -0.39 is 11.0 Å². The van der Waals surface area contributed by atoms with Gasteiger partial charge in [-0.05, 0) is 23.6 Å². The summed E-state index contributed by atoms with van der Waals surface area (Å²) in [6.45, 7) is 0. The fourth-order valence-electron chi connectivity index (χ4n) is 1.52. The van der Waals surface area contributed by atoms with Crippen molar-refractivity contribution in [3.05, 3.63) is 70.3 Å². The zero-order valence-corrected chi connectivity index (χ0v) is 10.4. The Labute approximate surface area is 115 Å². The van der Waals surface area contributed by atoms with E-state index in [1.54, 1.807) is 30.3 Å². The van der Waals surface area contributed by atoms with Gasteiger partial charge < -0.3 is 9.84 Å². The Morgan fingerprint density at radius 1 is 1.15 bits per heavy atom. The number of non-ortho nitro benzene ring substituents is 1. The van der Waals surface area contributed by atoms with Crippen LogP contribution in [0, 0.1) is 22.1 Å². The number of aliphatic hydroxyl groups is 1. The summed E-state index contributed by atoms with van der Waals surface area (Å²) >= 11 is 0. The molecule has 0 heterocycles. The molecular formula is C15H11NO4. The molecule has 0 aromatic heterocycles. The highest BCUT2D eigenvalue weighted by molar-refractivity contribution is 5.37. The van der Waals surface area contributed by atoms with Crippen molar-refractivity contribution in [3.63, 3.8) is 0 Å². The van der Waals surface area contributed by atoms with Gasteiger partial charge in [0, 0.05) is 12.1 Å². The maximum Gasteiger partial charge on any atom is 0.269 e. The first-order valence-electron chi connectivity index (χ1n) is 5.81. The lowest BCUT2D eigenvalue weighted by Gasteiger charge is -2.02. The maximum absolute atomic E-state index is 10.6. The van der Waals surface area contributed by atoms with Gasteiger partial charge in [-0.15, -0.1) is 0 Å². The normalized spacial score (nSPS) is 11.1. The van der Waals surface area contributed by atoms with E-state index in [0.717, 1.165) is 0 Å². The highest BCUT2D eigenvalue weighted by Gasteiger charge is 2.10. The van der Waals surface area contributed by atoms with Crippen molar-refractivity contribution >= 4 is 5.69 Å². The second-order valence-corrected chi connectivity index (χ2v) is 3.92. The first-order valence-corrected chi connectivity index (χ1v) is 5.81. The molecule has 0 bridgehead atoms. The number of hydrogen-bond acceptors (Lipinski definition) is 4. The molecule has 1 atom stereocenters. The molecule has 5 nitrogen and oxygen atoms in total. The van der Waals surface area contributed by atoms with Crippen molar-refractivity contribution in [2.75, 3.05) is 0 Å². The third-order valence-corrected chi connectivity index (χ3v) is 2.50. The third kappa shape index (κ3) is 3.57. The molecule has 0 aliphatic heterocycles. The van der Waals surface area contributed by atoms with E-state index in [-0.39, 0.29) is 5.69 Å². The molecule has 0 fully saturated rings. The number of nitro groups is 1. The van der Waals surface area contributed by atoms with Crippen LogP contribution in [0.1, 0.15) is 11.7 Å². The molecule has 0 aliphatic carbocycles. The molecule has 0 saturated heterocycles. The van der Waals surface area contributed by atoms with Crippen molar-refractivity contribution in [2.45, 2.75) is 6.10 Å². The summed E-state index contributed by atoms with van der Waals surface area (Å²) in [5.74, 6) is 3.04.